The lowest BCUT2D eigenvalue weighted by atomic mass is 9.89. The Morgan fingerprint density at radius 1 is 1.54 bits per heavy atom. The van der Waals surface area contributed by atoms with Gasteiger partial charge in [0.2, 0.25) is 0 Å². The topological polar surface area (TPSA) is 38.3 Å². The molecular weight excluding hydrogens is 166 g/mol. The summed E-state index contributed by atoms with van der Waals surface area (Å²) in [7, 11) is 0. The first kappa shape index (κ1) is 9.16. The van der Waals surface area contributed by atoms with Crippen LogP contribution in [0.1, 0.15) is 27.2 Å². The molecule has 0 aromatic carbocycles. The Labute approximate surface area is 78.8 Å². The van der Waals surface area contributed by atoms with Gasteiger partial charge in [0.05, 0.1) is 17.7 Å². The van der Waals surface area contributed by atoms with Crippen LogP contribution in [0.25, 0.3) is 0 Å². The number of hydrogen-bond acceptors (Lipinski definition) is 3. The Kier molecular flexibility index (Phi) is 1.96. The van der Waals surface area contributed by atoms with Crippen LogP contribution in [-0.2, 0) is 9.53 Å². The molecule has 3 atom stereocenters. The zero-order valence-corrected chi connectivity index (χ0v) is 8.46. The molecule has 2 fully saturated rings. The van der Waals surface area contributed by atoms with Crippen molar-refractivity contribution in [2.75, 3.05) is 6.54 Å². The predicted molar refractivity (Wildman–Crippen MR) is 49.5 cm³/mol. The van der Waals surface area contributed by atoms with Crippen LogP contribution in [0.4, 0.5) is 0 Å². The predicted octanol–water partition coefficient (Wildman–Crippen LogP) is 0.731. The van der Waals surface area contributed by atoms with E-state index in [-0.39, 0.29) is 23.5 Å². The highest BCUT2D eigenvalue weighted by atomic mass is 16.5. The molecule has 2 rings (SSSR count). The molecule has 3 nitrogen and oxygen atoms in total. The maximum atomic E-state index is 11.3. The number of ether oxygens (including phenoxy) is 1. The van der Waals surface area contributed by atoms with E-state index in [0.717, 1.165) is 13.0 Å². The molecule has 13 heavy (non-hydrogen) atoms. The van der Waals surface area contributed by atoms with Gasteiger partial charge in [0.15, 0.2) is 0 Å². The molecule has 1 N–H and O–H groups in total. The van der Waals surface area contributed by atoms with Gasteiger partial charge in [0.25, 0.3) is 0 Å². The number of hydrogen-bond donors (Lipinski definition) is 1. The minimum atomic E-state index is -0.0366. The van der Waals surface area contributed by atoms with Crippen molar-refractivity contribution in [1.82, 2.24) is 5.32 Å². The van der Waals surface area contributed by atoms with Gasteiger partial charge < -0.3 is 10.1 Å². The van der Waals surface area contributed by atoms with Crippen molar-refractivity contribution in [3.8, 4) is 0 Å². The summed E-state index contributed by atoms with van der Waals surface area (Å²) >= 11 is 0. The Hall–Kier alpha value is -0.410. The van der Waals surface area contributed by atoms with E-state index in [1.165, 1.54) is 0 Å². The first-order chi connectivity index (χ1) is 5.99. The standard InChI is InChI=1S/C10H17NO2/c1-6(12)9-7-4-10(2,3)13-8(7)5-11-9/h7-9,11H,4-5H2,1-3H3/t7-,8?,9?/m0/s1. The number of Topliss-reactive ketones (excluding diaryl/α,β-unsaturated/α-hetero) is 1. The minimum Gasteiger partial charge on any atom is -0.371 e. The van der Waals surface area contributed by atoms with Crippen LogP contribution in [0.15, 0.2) is 0 Å². The van der Waals surface area contributed by atoms with E-state index in [1.54, 1.807) is 6.92 Å². The molecule has 74 valence electrons. The number of fused-ring (bicyclic) bond motifs is 1. The first-order valence-electron chi connectivity index (χ1n) is 4.91. The second kappa shape index (κ2) is 2.79. The zero-order chi connectivity index (χ0) is 9.64. The van der Waals surface area contributed by atoms with E-state index in [4.69, 9.17) is 4.74 Å². The van der Waals surface area contributed by atoms with Crippen LogP contribution >= 0.6 is 0 Å². The molecule has 2 saturated heterocycles. The normalized spacial score (nSPS) is 41.9. The molecule has 0 aromatic rings. The van der Waals surface area contributed by atoms with Gasteiger partial charge in [-0.05, 0) is 27.2 Å². The lowest BCUT2D eigenvalue weighted by Gasteiger charge is -2.20. The number of carbonyl (C=O) groups excluding carboxylic acids is 1. The SMILES string of the molecule is CC(=O)C1NCC2OC(C)(C)C[C@@H]21. The Morgan fingerprint density at radius 3 is 2.85 bits per heavy atom. The maximum absolute atomic E-state index is 11.3. The highest BCUT2D eigenvalue weighted by molar-refractivity contribution is 5.82. The van der Waals surface area contributed by atoms with Crippen molar-refractivity contribution in [3.05, 3.63) is 0 Å². The third-order valence-electron chi connectivity index (χ3n) is 3.08. The summed E-state index contributed by atoms with van der Waals surface area (Å²) in [5.74, 6) is 0.640. The summed E-state index contributed by atoms with van der Waals surface area (Å²) in [6.45, 7) is 6.69. The van der Waals surface area contributed by atoms with Gasteiger partial charge in [0.1, 0.15) is 5.78 Å². The maximum Gasteiger partial charge on any atom is 0.147 e. The third-order valence-corrected chi connectivity index (χ3v) is 3.08. The van der Waals surface area contributed by atoms with Gasteiger partial charge >= 0.3 is 0 Å². The van der Waals surface area contributed by atoms with Gasteiger partial charge in [-0.3, -0.25) is 4.79 Å². The zero-order valence-electron chi connectivity index (χ0n) is 8.46. The highest BCUT2D eigenvalue weighted by Crippen LogP contribution is 2.39. The highest BCUT2D eigenvalue weighted by Gasteiger charge is 2.48. The largest absolute Gasteiger partial charge is 0.371 e. The van der Waals surface area contributed by atoms with Gasteiger partial charge in [0, 0.05) is 12.5 Å². The molecule has 0 bridgehead atoms. The molecule has 2 unspecified atom stereocenters. The van der Waals surface area contributed by atoms with Gasteiger partial charge in [-0.25, -0.2) is 0 Å². The summed E-state index contributed by atoms with van der Waals surface area (Å²) in [6.07, 6.45) is 1.25. The van der Waals surface area contributed by atoms with Gasteiger partial charge in [-0.1, -0.05) is 0 Å². The summed E-state index contributed by atoms with van der Waals surface area (Å²) < 4.78 is 5.84. The van der Waals surface area contributed by atoms with Crippen molar-refractivity contribution < 1.29 is 9.53 Å². The van der Waals surface area contributed by atoms with E-state index in [1.807, 2.05) is 0 Å². The van der Waals surface area contributed by atoms with Crippen LogP contribution < -0.4 is 5.32 Å². The van der Waals surface area contributed by atoms with Crippen molar-refractivity contribution >= 4 is 5.78 Å². The molecule has 0 spiro atoms. The van der Waals surface area contributed by atoms with E-state index in [9.17, 15) is 4.79 Å². The summed E-state index contributed by atoms with van der Waals surface area (Å²) in [5, 5.41) is 3.22. The van der Waals surface area contributed by atoms with Crippen molar-refractivity contribution in [1.29, 1.82) is 0 Å². The number of nitrogens with one attached hydrogen (secondary N) is 1. The lowest BCUT2D eigenvalue weighted by Crippen LogP contribution is -2.35. The van der Waals surface area contributed by atoms with Gasteiger partial charge in [-0.15, -0.1) is 0 Å². The fourth-order valence-corrected chi connectivity index (χ4v) is 2.61. The van der Waals surface area contributed by atoms with Crippen molar-refractivity contribution in [2.45, 2.75) is 44.9 Å². The fourth-order valence-electron chi connectivity index (χ4n) is 2.61. The van der Waals surface area contributed by atoms with Crippen LogP contribution in [0.2, 0.25) is 0 Å². The second-order valence-corrected chi connectivity index (χ2v) is 4.78. The Bertz CT molecular complexity index is 237. The first-order valence-corrected chi connectivity index (χ1v) is 4.91. The average Bonchev–Trinajstić information content (AvgIpc) is 2.41. The fraction of sp³-hybridized carbons (Fsp3) is 0.900. The van der Waals surface area contributed by atoms with Crippen molar-refractivity contribution in [2.24, 2.45) is 5.92 Å². The van der Waals surface area contributed by atoms with E-state index >= 15 is 0 Å². The molecule has 0 amide bonds. The summed E-state index contributed by atoms with van der Waals surface area (Å²) in [6, 6.07) is 0.0341. The van der Waals surface area contributed by atoms with Crippen LogP contribution in [0, 0.1) is 5.92 Å². The van der Waals surface area contributed by atoms with Crippen molar-refractivity contribution in [3.63, 3.8) is 0 Å². The minimum absolute atomic E-state index is 0.0341. The van der Waals surface area contributed by atoms with E-state index < -0.39 is 0 Å². The Balaban J connectivity index is 2.12. The van der Waals surface area contributed by atoms with Gasteiger partial charge in [-0.2, -0.15) is 0 Å². The molecule has 0 aromatic heterocycles. The molecule has 2 aliphatic rings. The lowest BCUT2D eigenvalue weighted by molar-refractivity contribution is -0.119. The molecule has 2 heterocycles. The quantitative estimate of drug-likeness (QED) is 0.651. The summed E-state index contributed by atoms with van der Waals surface area (Å²) in [5.41, 5.74) is -0.0366. The number of ketones is 1. The number of carbonyl (C=O) groups is 1. The van der Waals surface area contributed by atoms with Crippen LogP contribution in [0.3, 0.4) is 0 Å². The molecule has 0 aliphatic carbocycles. The second-order valence-electron chi connectivity index (χ2n) is 4.78. The monoisotopic (exact) mass is 183 g/mol. The Morgan fingerprint density at radius 2 is 2.23 bits per heavy atom. The molecular formula is C10H17NO2. The van der Waals surface area contributed by atoms with E-state index in [0.29, 0.717) is 5.92 Å². The van der Waals surface area contributed by atoms with E-state index in [2.05, 4.69) is 19.2 Å². The molecule has 0 saturated carbocycles. The average molecular weight is 183 g/mol. The van der Waals surface area contributed by atoms with Crippen LogP contribution in [0.5, 0.6) is 0 Å². The molecule has 2 aliphatic heterocycles. The number of rotatable bonds is 1. The van der Waals surface area contributed by atoms with Crippen LogP contribution in [-0.4, -0.2) is 30.1 Å². The molecule has 0 radical (unpaired) electrons. The third kappa shape index (κ3) is 1.51. The smallest absolute Gasteiger partial charge is 0.147 e. The summed E-state index contributed by atoms with van der Waals surface area (Å²) in [4.78, 5) is 11.3. The molecule has 3 heteroatoms.